The van der Waals surface area contributed by atoms with Gasteiger partial charge in [-0.3, -0.25) is 0 Å². The van der Waals surface area contributed by atoms with Crippen molar-refractivity contribution in [2.75, 3.05) is 11.9 Å². The van der Waals surface area contributed by atoms with E-state index in [4.69, 9.17) is 5.73 Å². The molecule has 0 spiro atoms. The largest absolute Gasteiger partial charge is 0.416 e. The van der Waals surface area contributed by atoms with E-state index < -0.39 is 11.7 Å². The highest BCUT2D eigenvalue weighted by Gasteiger charge is 2.31. The van der Waals surface area contributed by atoms with E-state index in [0.29, 0.717) is 18.2 Å². The summed E-state index contributed by atoms with van der Waals surface area (Å²) in [6.07, 6.45) is -1.20. The molecule has 2 atom stereocenters. The van der Waals surface area contributed by atoms with Crippen molar-refractivity contribution < 1.29 is 13.2 Å². The van der Waals surface area contributed by atoms with Crippen LogP contribution in [0.4, 0.5) is 18.9 Å². The van der Waals surface area contributed by atoms with Crippen LogP contribution in [0.1, 0.15) is 30.4 Å². The van der Waals surface area contributed by atoms with Gasteiger partial charge < -0.3 is 11.1 Å². The van der Waals surface area contributed by atoms with Crippen molar-refractivity contribution in [2.24, 2.45) is 11.7 Å². The standard InChI is InChI=1S/C14H19F3N2/c1-9-5-6-11(14(15,16)17)7-13(9)19-12-4-2-3-10(12)8-18/h5-7,10,12,19H,2-4,8,18H2,1H3. The molecule has 0 heterocycles. The van der Waals surface area contributed by atoms with Crippen molar-refractivity contribution in [3.05, 3.63) is 29.3 Å². The molecule has 2 unspecified atom stereocenters. The topological polar surface area (TPSA) is 38.0 Å². The van der Waals surface area contributed by atoms with Gasteiger partial charge in [0.05, 0.1) is 5.56 Å². The fraction of sp³-hybridized carbons (Fsp3) is 0.571. The summed E-state index contributed by atoms with van der Waals surface area (Å²) in [5.41, 5.74) is 6.49. The van der Waals surface area contributed by atoms with Crippen molar-refractivity contribution in [2.45, 2.75) is 38.4 Å². The third-order valence-corrected chi connectivity index (χ3v) is 3.87. The Hall–Kier alpha value is -1.23. The van der Waals surface area contributed by atoms with Crippen molar-refractivity contribution in [1.82, 2.24) is 0 Å². The van der Waals surface area contributed by atoms with Crippen LogP contribution in [0, 0.1) is 12.8 Å². The molecule has 1 saturated carbocycles. The molecule has 1 aliphatic rings. The summed E-state index contributed by atoms with van der Waals surface area (Å²) in [5, 5.41) is 3.24. The maximum absolute atomic E-state index is 12.7. The van der Waals surface area contributed by atoms with Crippen LogP contribution in [-0.4, -0.2) is 12.6 Å². The van der Waals surface area contributed by atoms with Crippen molar-refractivity contribution in [3.8, 4) is 0 Å². The molecule has 3 N–H and O–H groups in total. The van der Waals surface area contributed by atoms with Gasteiger partial charge in [0.1, 0.15) is 0 Å². The van der Waals surface area contributed by atoms with Gasteiger partial charge in [-0.2, -0.15) is 13.2 Å². The van der Waals surface area contributed by atoms with Crippen LogP contribution in [0.15, 0.2) is 18.2 Å². The van der Waals surface area contributed by atoms with E-state index in [1.165, 1.54) is 12.1 Å². The number of benzene rings is 1. The predicted octanol–water partition coefficient (Wildman–Crippen LogP) is 3.55. The first kappa shape index (κ1) is 14.2. The first-order valence-electron chi connectivity index (χ1n) is 6.56. The number of nitrogens with two attached hydrogens (primary N) is 1. The van der Waals surface area contributed by atoms with Crippen molar-refractivity contribution >= 4 is 5.69 Å². The molecule has 2 rings (SSSR count). The first-order chi connectivity index (χ1) is 8.91. The van der Waals surface area contributed by atoms with Crippen LogP contribution >= 0.6 is 0 Å². The first-order valence-corrected chi connectivity index (χ1v) is 6.56. The molecule has 1 aromatic rings. The molecule has 0 bridgehead atoms. The summed E-state index contributed by atoms with van der Waals surface area (Å²) < 4.78 is 38.1. The summed E-state index contributed by atoms with van der Waals surface area (Å²) in [6, 6.07) is 4.01. The van der Waals surface area contributed by atoms with Gasteiger partial charge >= 0.3 is 6.18 Å². The predicted molar refractivity (Wildman–Crippen MR) is 70.0 cm³/mol. The zero-order chi connectivity index (χ0) is 14.0. The van der Waals surface area contributed by atoms with Gasteiger partial charge in [-0.1, -0.05) is 12.5 Å². The average Bonchev–Trinajstić information content (AvgIpc) is 2.77. The van der Waals surface area contributed by atoms with Crippen LogP contribution in [0.5, 0.6) is 0 Å². The lowest BCUT2D eigenvalue weighted by Crippen LogP contribution is -2.29. The highest BCUT2D eigenvalue weighted by Crippen LogP contribution is 2.34. The van der Waals surface area contributed by atoms with Gasteiger partial charge in [0.2, 0.25) is 0 Å². The normalized spacial score (nSPS) is 23.6. The molecule has 1 aromatic carbocycles. The second-order valence-electron chi connectivity index (χ2n) is 5.20. The van der Waals surface area contributed by atoms with E-state index in [2.05, 4.69) is 5.32 Å². The third kappa shape index (κ3) is 3.21. The van der Waals surface area contributed by atoms with E-state index >= 15 is 0 Å². The number of rotatable bonds is 3. The number of aryl methyl sites for hydroxylation is 1. The van der Waals surface area contributed by atoms with E-state index in [1.807, 2.05) is 6.92 Å². The van der Waals surface area contributed by atoms with Gasteiger partial charge in [0, 0.05) is 11.7 Å². The van der Waals surface area contributed by atoms with Crippen LogP contribution in [0.25, 0.3) is 0 Å². The summed E-state index contributed by atoms with van der Waals surface area (Å²) in [4.78, 5) is 0. The van der Waals surface area contributed by atoms with Crippen molar-refractivity contribution in [3.63, 3.8) is 0 Å². The lowest BCUT2D eigenvalue weighted by atomic mass is 10.0. The Balaban J connectivity index is 2.20. The van der Waals surface area contributed by atoms with Gasteiger partial charge in [-0.05, 0) is 49.9 Å². The van der Waals surface area contributed by atoms with Gasteiger partial charge in [-0.15, -0.1) is 0 Å². The van der Waals surface area contributed by atoms with Crippen LogP contribution in [-0.2, 0) is 6.18 Å². The summed E-state index contributed by atoms with van der Waals surface area (Å²) in [5.74, 6) is 0.356. The smallest absolute Gasteiger partial charge is 0.382 e. The summed E-state index contributed by atoms with van der Waals surface area (Å²) >= 11 is 0. The Morgan fingerprint density at radius 2 is 2.05 bits per heavy atom. The molecule has 0 radical (unpaired) electrons. The molecule has 19 heavy (non-hydrogen) atoms. The molecule has 5 heteroatoms. The number of alkyl halides is 3. The molecule has 0 aliphatic heterocycles. The van der Waals surface area contributed by atoms with Crippen LogP contribution < -0.4 is 11.1 Å². The van der Waals surface area contributed by atoms with Crippen LogP contribution in [0.2, 0.25) is 0 Å². The quantitative estimate of drug-likeness (QED) is 0.883. The molecule has 1 aliphatic carbocycles. The molecule has 0 amide bonds. The average molecular weight is 272 g/mol. The Morgan fingerprint density at radius 3 is 2.68 bits per heavy atom. The Morgan fingerprint density at radius 1 is 1.32 bits per heavy atom. The van der Waals surface area contributed by atoms with Gasteiger partial charge in [-0.25, -0.2) is 0 Å². The minimum absolute atomic E-state index is 0.187. The Labute approximate surface area is 111 Å². The maximum atomic E-state index is 12.7. The minimum atomic E-state index is -4.30. The zero-order valence-electron chi connectivity index (χ0n) is 10.9. The van der Waals surface area contributed by atoms with Gasteiger partial charge in [0.15, 0.2) is 0 Å². The lowest BCUT2D eigenvalue weighted by molar-refractivity contribution is -0.137. The molecule has 1 fully saturated rings. The Bertz CT molecular complexity index is 443. The highest BCUT2D eigenvalue weighted by molar-refractivity contribution is 5.54. The molecular formula is C14H19F3N2. The number of anilines is 1. The van der Waals surface area contributed by atoms with Crippen molar-refractivity contribution in [1.29, 1.82) is 0 Å². The molecule has 0 saturated heterocycles. The zero-order valence-corrected chi connectivity index (χ0v) is 10.9. The third-order valence-electron chi connectivity index (χ3n) is 3.87. The van der Waals surface area contributed by atoms with E-state index in [1.54, 1.807) is 0 Å². The maximum Gasteiger partial charge on any atom is 0.416 e. The van der Waals surface area contributed by atoms with E-state index in [-0.39, 0.29) is 6.04 Å². The number of halogens is 3. The number of nitrogens with one attached hydrogen (secondary N) is 1. The number of hydrogen-bond donors (Lipinski definition) is 2. The second kappa shape index (κ2) is 5.41. The molecule has 106 valence electrons. The molecular weight excluding hydrogens is 253 g/mol. The Kier molecular flexibility index (Phi) is 4.04. The second-order valence-corrected chi connectivity index (χ2v) is 5.20. The molecule has 2 nitrogen and oxygen atoms in total. The SMILES string of the molecule is Cc1ccc(C(F)(F)F)cc1NC1CCCC1CN. The number of hydrogen-bond acceptors (Lipinski definition) is 2. The fourth-order valence-corrected chi connectivity index (χ4v) is 2.66. The van der Waals surface area contributed by atoms with Gasteiger partial charge in [0.25, 0.3) is 0 Å². The summed E-state index contributed by atoms with van der Waals surface area (Å²) in [7, 11) is 0. The van der Waals surface area contributed by atoms with Crippen LogP contribution in [0.3, 0.4) is 0 Å². The van der Waals surface area contributed by atoms with E-state index in [0.717, 1.165) is 30.9 Å². The fourth-order valence-electron chi connectivity index (χ4n) is 2.66. The molecule has 0 aromatic heterocycles. The van der Waals surface area contributed by atoms with E-state index in [9.17, 15) is 13.2 Å². The lowest BCUT2D eigenvalue weighted by Gasteiger charge is -2.22. The summed E-state index contributed by atoms with van der Waals surface area (Å²) in [6.45, 7) is 2.39. The minimum Gasteiger partial charge on any atom is -0.382 e. The highest BCUT2D eigenvalue weighted by atomic mass is 19.4. The monoisotopic (exact) mass is 272 g/mol.